The van der Waals surface area contributed by atoms with Crippen molar-refractivity contribution in [1.29, 1.82) is 0 Å². The van der Waals surface area contributed by atoms with E-state index in [4.69, 9.17) is 0 Å². The van der Waals surface area contributed by atoms with E-state index < -0.39 is 0 Å². The number of nitrogens with one attached hydrogen (secondary N) is 2. The summed E-state index contributed by atoms with van der Waals surface area (Å²) in [5, 5.41) is 6.80. The lowest BCUT2D eigenvalue weighted by molar-refractivity contribution is 0.0900. The van der Waals surface area contributed by atoms with Crippen LogP contribution in [0.1, 0.15) is 19.4 Å². The van der Waals surface area contributed by atoms with E-state index in [0.29, 0.717) is 12.0 Å². The molecule has 0 radical (unpaired) electrons. The van der Waals surface area contributed by atoms with Gasteiger partial charge in [-0.3, -0.25) is 9.89 Å². The lowest BCUT2D eigenvalue weighted by atomic mass is 10.0. The summed E-state index contributed by atoms with van der Waals surface area (Å²) < 4.78 is 13.2. The maximum absolute atomic E-state index is 13.2. The predicted molar refractivity (Wildman–Crippen MR) is 107 cm³/mol. The van der Waals surface area contributed by atoms with Crippen LogP contribution in [0.25, 0.3) is 0 Å². The van der Waals surface area contributed by atoms with Crippen LogP contribution in [-0.2, 0) is 6.42 Å². The summed E-state index contributed by atoms with van der Waals surface area (Å²) in [5.41, 5.74) is 0.991. The van der Waals surface area contributed by atoms with Crippen molar-refractivity contribution >= 4 is 5.96 Å². The summed E-state index contributed by atoms with van der Waals surface area (Å²) >= 11 is 0. The Morgan fingerprint density at radius 1 is 1.19 bits per heavy atom. The van der Waals surface area contributed by atoms with Gasteiger partial charge in [0.05, 0.1) is 0 Å². The van der Waals surface area contributed by atoms with Crippen LogP contribution in [-0.4, -0.2) is 75.2 Å². The molecule has 1 aromatic carbocycles. The number of halogens is 1. The molecular weight excluding hydrogens is 329 g/mol. The van der Waals surface area contributed by atoms with Crippen LogP contribution in [0.2, 0.25) is 0 Å². The summed E-state index contributed by atoms with van der Waals surface area (Å²) in [6.45, 7) is 10.7. The molecule has 1 aliphatic heterocycles. The fraction of sp³-hybridized carbons (Fsp3) is 0.650. The maximum Gasteiger partial charge on any atom is 0.191 e. The van der Waals surface area contributed by atoms with Crippen LogP contribution in [0.3, 0.4) is 0 Å². The van der Waals surface area contributed by atoms with Crippen molar-refractivity contribution in [1.82, 2.24) is 20.4 Å². The number of guanidine groups is 1. The predicted octanol–water partition coefficient (Wildman–Crippen LogP) is 1.81. The van der Waals surface area contributed by atoms with E-state index in [1.165, 1.54) is 6.07 Å². The Bertz CT molecular complexity index is 567. The van der Waals surface area contributed by atoms with Crippen molar-refractivity contribution < 1.29 is 4.39 Å². The van der Waals surface area contributed by atoms with Crippen molar-refractivity contribution in [3.8, 4) is 0 Å². The third kappa shape index (κ3) is 6.57. The van der Waals surface area contributed by atoms with Crippen molar-refractivity contribution in [2.24, 2.45) is 10.9 Å². The molecule has 26 heavy (non-hydrogen) atoms. The van der Waals surface area contributed by atoms with E-state index in [2.05, 4.69) is 46.3 Å². The Morgan fingerprint density at radius 3 is 2.54 bits per heavy atom. The molecule has 0 amide bonds. The zero-order valence-electron chi connectivity index (χ0n) is 16.6. The maximum atomic E-state index is 13.2. The highest BCUT2D eigenvalue weighted by Crippen LogP contribution is 2.12. The van der Waals surface area contributed by atoms with Gasteiger partial charge in [0.1, 0.15) is 5.82 Å². The highest BCUT2D eigenvalue weighted by Gasteiger charge is 2.24. The molecule has 0 spiro atoms. The highest BCUT2D eigenvalue weighted by atomic mass is 19.1. The zero-order valence-corrected chi connectivity index (χ0v) is 16.6. The Balaban J connectivity index is 1.78. The Hall–Kier alpha value is -1.66. The van der Waals surface area contributed by atoms with Gasteiger partial charge in [0.2, 0.25) is 0 Å². The number of nitrogens with zero attached hydrogens (tertiary/aromatic N) is 3. The molecular formula is C20H34FN5. The molecule has 0 aromatic heterocycles. The van der Waals surface area contributed by atoms with Crippen LogP contribution in [0.5, 0.6) is 0 Å². The first-order valence-corrected chi connectivity index (χ1v) is 9.61. The lowest BCUT2D eigenvalue weighted by Crippen LogP contribution is -2.55. The molecule has 0 bridgehead atoms. The van der Waals surface area contributed by atoms with Crippen molar-refractivity contribution in [3.05, 3.63) is 35.6 Å². The molecule has 6 heteroatoms. The molecule has 2 N–H and O–H groups in total. The summed E-state index contributed by atoms with van der Waals surface area (Å²) in [5.74, 6) is 1.20. The van der Waals surface area contributed by atoms with Crippen LogP contribution >= 0.6 is 0 Å². The van der Waals surface area contributed by atoms with Gasteiger partial charge in [-0.1, -0.05) is 26.0 Å². The standard InChI is InChI=1S/C20H34FN5/c1-16(2)19(26-12-10-25(4)11-13-26)15-24-20(22-3)23-9-8-17-6-5-7-18(21)14-17/h5-7,14,16,19H,8-13,15H2,1-4H3,(H2,22,23,24). The molecule has 1 aliphatic rings. The summed E-state index contributed by atoms with van der Waals surface area (Å²) in [7, 11) is 3.97. The average molecular weight is 364 g/mol. The molecule has 1 heterocycles. The van der Waals surface area contributed by atoms with E-state index >= 15 is 0 Å². The number of likely N-dealkylation sites (N-methyl/N-ethyl adjacent to an activating group) is 1. The van der Waals surface area contributed by atoms with Gasteiger partial charge in [-0.25, -0.2) is 4.39 Å². The Labute approximate surface area is 157 Å². The topological polar surface area (TPSA) is 42.9 Å². The van der Waals surface area contributed by atoms with Gasteiger partial charge in [-0.15, -0.1) is 0 Å². The van der Waals surface area contributed by atoms with Crippen LogP contribution < -0.4 is 10.6 Å². The number of hydrogen-bond donors (Lipinski definition) is 2. The normalized spacial score (nSPS) is 18.2. The van der Waals surface area contributed by atoms with Gasteiger partial charge in [0.25, 0.3) is 0 Å². The SMILES string of the molecule is CN=C(NCCc1cccc(F)c1)NCC(C(C)C)N1CCN(C)CC1. The second kappa shape index (κ2) is 10.5. The first-order chi connectivity index (χ1) is 12.5. The molecule has 1 fully saturated rings. The average Bonchev–Trinajstić information content (AvgIpc) is 2.61. The monoisotopic (exact) mass is 363 g/mol. The molecule has 146 valence electrons. The van der Waals surface area contributed by atoms with Crippen LogP contribution in [0.15, 0.2) is 29.3 Å². The number of piperazine rings is 1. The second-order valence-electron chi connectivity index (χ2n) is 7.41. The molecule has 1 unspecified atom stereocenters. The van der Waals surface area contributed by atoms with Crippen LogP contribution in [0, 0.1) is 11.7 Å². The Morgan fingerprint density at radius 2 is 1.92 bits per heavy atom. The Kier molecular flexibility index (Phi) is 8.32. The van der Waals surface area contributed by atoms with Gasteiger partial charge in [-0.2, -0.15) is 0 Å². The van der Waals surface area contributed by atoms with Crippen LogP contribution in [0.4, 0.5) is 4.39 Å². The van der Waals surface area contributed by atoms with Crippen molar-refractivity contribution in [2.75, 3.05) is 53.4 Å². The molecule has 5 nitrogen and oxygen atoms in total. The minimum absolute atomic E-state index is 0.183. The van der Waals surface area contributed by atoms with Crippen molar-refractivity contribution in [2.45, 2.75) is 26.3 Å². The zero-order chi connectivity index (χ0) is 18.9. The lowest BCUT2D eigenvalue weighted by Gasteiger charge is -2.40. The first kappa shape index (κ1) is 20.6. The molecule has 1 aromatic rings. The third-order valence-corrected chi connectivity index (χ3v) is 5.07. The minimum Gasteiger partial charge on any atom is -0.356 e. The molecule has 0 aliphatic carbocycles. The molecule has 1 saturated heterocycles. The first-order valence-electron chi connectivity index (χ1n) is 9.61. The second-order valence-corrected chi connectivity index (χ2v) is 7.41. The van der Waals surface area contributed by atoms with Gasteiger partial charge in [0, 0.05) is 52.4 Å². The summed E-state index contributed by atoms with van der Waals surface area (Å²) in [6, 6.07) is 7.25. The fourth-order valence-electron chi connectivity index (χ4n) is 3.38. The fourth-order valence-corrected chi connectivity index (χ4v) is 3.38. The van der Waals surface area contributed by atoms with E-state index in [9.17, 15) is 4.39 Å². The molecule has 0 saturated carbocycles. The quantitative estimate of drug-likeness (QED) is 0.573. The van der Waals surface area contributed by atoms with E-state index in [0.717, 1.165) is 57.2 Å². The summed E-state index contributed by atoms with van der Waals surface area (Å²) in [4.78, 5) is 9.28. The third-order valence-electron chi connectivity index (χ3n) is 5.07. The number of rotatable bonds is 7. The molecule has 2 rings (SSSR count). The smallest absolute Gasteiger partial charge is 0.191 e. The van der Waals surface area contributed by atoms with E-state index in [1.54, 1.807) is 19.2 Å². The number of aliphatic imine (C=N–C) groups is 1. The number of hydrogen-bond acceptors (Lipinski definition) is 3. The van der Waals surface area contributed by atoms with Gasteiger partial charge >= 0.3 is 0 Å². The van der Waals surface area contributed by atoms with Gasteiger partial charge < -0.3 is 15.5 Å². The van der Waals surface area contributed by atoms with E-state index in [1.807, 2.05) is 6.07 Å². The minimum atomic E-state index is -0.183. The van der Waals surface area contributed by atoms with Gasteiger partial charge in [-0.05, 0) is 37.1 Å². The molecule has 1 atom stereocenters. The highest BCUT2D eigenvalue weighted by molar-refractivity contribution is 5.79. The summed E-state index contributed by atoms with van der Waals surface area (Å²) in [6.07, 6.45) is 0.768. The van der Waals surface area contributed by atoms with Gasteiger partial charge in [0.15, 0.2) is 5.96 Å². The van der Waals surface area contributed by atoms with Crippen molar-refractivity contribution in [3.63, 3.8) is 0 Å². The van der Waals surface area contributed by atoms with E-state index in [-0.39, 0.29) is 5.82 Å². The largest absolute Gasteiger partial charge is 0.356 e. The number of benzene rings is 1.